The Balaban J connectivity index is 1.46. The second-order valence-electron chi connectivity index (χ2n) is 23.0. The molecule has 1 aliphatic rings. The van der Waals surface area contributed by atoms with Crippen molar-refractivity contribution < 1.29 is 47.3 Å². The fourth-order valence-corrected chi connectivity index (χ4v) is 10.4. The van der Waals surface area contributed by atoms with Gasteiger partial charge in [-0.1, -0.05) is 114 Å². The molecular formula is C55H81N5O12Si2. The highest BCUT2D eigenvalue weighted by atomic mass is 28.4. The van der Waals surface area contributed by atoms with E-state index in [0.717, 1.165) is 15.7 Å². The lowest BCUT2D eigenvalue weighted by atomic mass is 9.99. The summed E-state index contributed by atoms with van der Waals surface area (Å²) >= 11 is 0. The minimum atomic E-state index is -2.78. The van der Waals surface area contributed by atoms with Crippen LogP contribution < -0.4 is 31.9 Å². The molecule has 17 nitrogen and oxygen atoms in total. The van der Waals surface area contributed by atoms with E-state index in [4.69, 9.17) is 27.8 Å². The van der Waals surface area contributed by atoms with Gasteiger partial charge in [0.15, 0.2) is 22.9 Å². The van der Waals surface area contributed by atoms with E-state index in [0.29, 0.717) is 11.3 Å². The van der Waals surface area contributed by atoms with Gasteiger partial charge in [0.05, 0.1) is 13.7 Å². The minimum absolute atomic E-state index is 0.0289. The van der Waals surface area contributed by atoms with Crippen LogP contribution in [0.4, 0.5) is 4.79 Å². The molecule has 2 heterocycles. The molecule has 5 rings (SSSR count). The smallest absolute Gasteiger partial charge is 0.408 e. The number of ether oxygens (including phenoxy) is 4. The Labute approximate surface area is 438 Å². The van der Waals surface area contributed by atoms with Gasteiger partial charge in [0.2, 0.25) is 5.91 Å². The van der Waals surface area contributed by atoms with Crippen LogP contribution in [0.2, 0.25) is 36.3 Å². The van der Waals surface area contributed by atoms with Crippen LogP contribution in [-0.4, -0.2) is 111 Å². The molecule has 19 heteroatoms. The third-order valence-electron chi connectivity index (χ3n) is 14.0. The van der Waals surface area contributed by atoms with E-state index < -0.39 is 94.2 Å². The molecule has 1 aromatic heterocycles. The molecule has 7 atom stereocenters. The predicted octanol–water partition coefficient (Wildman–Crippen LogP) is 7.45. The average molecular weight is 1060 g/mol. The quantitative estimate of drug-likeness (QED) is 0.0343. The van der Waals surface area contributed by atoms with Crippen LogP contribution in [0, 0.1) is 0 Å². The third kappa shape index (κ3) is 16.0. The van der Waals surface area contributed by atoms with Crippen LogP contribution in [-0.2, 0) is 52.2 Å². The number of benzene rings is 3. The number of carbonyl (C=O) groups excluding carboxylic acids is 3. The number of esters is 1. The molecule has 0 aliphatic carbocycles. The Hall–Kier alpha value is -5.42. The minimum Gasteiger partial charge on any atom is -0.497 e. The van der Waals surface area contributed by atoms with E-state index in [1.165, 1.54) is 16.8 Å². The van der Waals surface area contributed by atoms with Gasteiger partial charge in [-0.2, -0.15) is 0 Å². The van der Waals surface area contributed by atoms with Crippen molar-refractivity contribution in [2.45, 2.75) is 173 Å². The van der Waals surface area contributed by atoms with E-state index in [1.54, 1.807) is 52.1 Å². The van der Waals surface area contributed by atoms with Crippen LogP contribution in [0.1, 0.15) is 91.7 Å². The zero-order valence-corrected chi connectivity index (χ0v) is 47.9. The number of aromatic nitrogens is 2. The van der Waals surface area contributed by atoms with Crippen molar-refractivity contribution in [1.82, 2.24) is 25.1 Å². The van der Waals surface area contributed by atoms with Gasteiger partial charge in [-0.25, -0.2) is 9.59 Å². The number of amides is 2. The number of alkyl carbamates (subject to hydrolysis) is 1. The third-order valence-corrected chi connectivity index (χ3v) is 23.0. The predicted molar refractivity (Wildman–Crippen MR) is 290 cm³/mol. The lowest BCUT2D eigenvalue weighted by Gasteiger charge is -2.44. The van der Waals surface area contributed by atoms with Crippen molar-refractivity contribution in [2.24, 2.45) is 0 Å². The summed E-state index contributed by atoms with van der Waals surface area (Å²) in [5, 5.41) is 20.9. The molecule has 1 unspecified atom stereocenters. The molecule has 74 heavy (non-hydrogen) atoms. The number of nitrogens with one attached hydrogen (secondary N) is 3. The van der Waals surface area contributed by atoms with Gasteiger partial charge < -0.3 is 48.9 Å². The first kappa shape index (κ1) is 59.5. The number of aliphatic hydroxyl groups excluding tert-OH is 1. The maximum absolute atomic E-state index is 14.7. The second-order valence-corrected chi connectivity index (χ2v) is 32.5. The number of hydrogen-bond donors (Lipinski definition) is 4. The fraction of sp³-hybridized carbons (Fsp3) is 0.545. The molecule has 1 aliphatic heterocycles. The summed E-state index contributed by atoms with van der Waals surface area (Å²) in [6, 6.07) is 24.5. The highest BCUT2D eigenvalue weighted by molar-refractivity contribution is 6.74. The normalized spacial score (nSPS) is 18.7. The van der Waals surface area contributed by atoms with Gasteiger partial charge in [-0.3, -0.25) is 23.5 Å². The van der Waals surface area contributed by atoms with Gasteiger partial charge in [0.1, 0.15) is 54.5 Å². The molecule has 0 saturated carbocycles. The highest BCUT2D eigenvalue weighted by Crippen LogP contribution is 2.46. The maximum Gasteiger partial charge on any atom is 0.408 e. The molecule has 3 aromatic carbocycles. The number of methoxy groups -OCH3 is 1. The largest absolute Gasteiger partial charge is 0.497 e. The lowest BCUT2D eigenvalue weighted by Crippen LogP contribution is -2.59. The van der Waals surface area contributed by atoms with Crippen molar-refractivity contribution in [1.29, 1.82) is 0 Å². The summed E-state index contributed by atoms with van der Waals surface area (Å²) in [5.74, 6) is -0.583. The monoisotopic (exact) mass is 1060 g/mol. The molecule has 0 bridgehead atoms. The summed E-state index contributed by atoms with van der Waals surface area (Å²) in [6.45, 7) is 26.2. The van der Waals surface area contributed by atoms with Crippen molar-refractivity contribution in [3.8, 4) is 5.75 Å². The topological polar surface area (TPSA) is 207 Å². The zero-order chi connectivity index (χ0) is 54.8. The second kappa shape index (κ2) is 25.0. The van der Waals surface area contributed by atoms with E-state index in [-0.39, 0.29) is 49.2 Å². The zero-order valence-electron chi connectivity index (χ0n) is 45.9. The van der Waals surface area contributed by atoms with E-state index >= 15 is 0 Å². The van der Waals surface area contributed by atoms with Crippen molar-refractivity contribution >= 4 is 34.6 Å². The first-order valence-corrected chi connectivity index (χ1v) is 31.2. The van der Waals surface area contributed by atoms with E-state index in [9.17, 15) is 29.1 Å². The molecular weight excluding hydrogens is 979 g/mol. The SMILES string of the molecule is COc1ccc(Cn2c(=O)ccn([C@@H]3O[C@H](C(O)[C@H](NCCCNC(=O)[C@H](Cc4ccccc4)NC(=O)OCc4ccccc4)C(=O)OC(C)(C)C)[C@@H](O[Si](C)(C)C(C)(C)C)[C@H]3O[Si](C)(C)C(C)(C)C)c2=O)cc1. The van der Waals surface area contributed by atoms with Gasteiger partial charge in [0.25, 0.3) is 5.56 Å². The van der Waals surface area contributed by atoms with Gasteiger partial charge >= 0.3 is 17.8 Å². The fourth-order valence-electron chi connectivity index (χ4n) is 7.79. The number of hydrogen-bond acceptors (Lipinski definition) is 13. The molecule has 1 saturated heterocycles. The summed E-state index contributed by atoms with van der Waals surface area (Å²) in [6.07, 6.45) is -5.06. The Kier molecular flexibility index (Phi) is 20.0. The van der Waals surface area contributed by atoms with Crippen LogP contribution >= 0.6 is 0 Å². The highest BCUT2D eigenvalue weighted by Gasteiger charge is 2.58. The number of nitrogens with zero attached hydrogens (tertiary/aromatic N) is 2. The summed E-state index contributed by atoms with van der Waals surface area (Å²) in [7, 11) is -3.98. The van der Waals surface area contributed by atoms with E-state index in [1.807, 2.05) is 60.7 Å². The average Bonchev–Trinajstić information content (AvgIpc) is 3.65. The van der Waals surface area contributed by atoms with Gasteiger partial charge in [0, 0.05) is 25.2 Å². The standard InChI is InChI=1S/C55H81N5O12Si2/c1-53(2,3)70-50(64)43(56-31-21-32-57-48(63)41(34-37-22-17-15-18-23-37)58-51(65)68-36-39-24-19-16-20-25-39)44(62)45-46(71-73(11,12)54(4,5)6)47(72-74(13,14)55(7,8)9)49(69-45)59-33-30-42(61)60(52(59)66)35-38-26-28-40(67-10)29-27-38/h15-20,22-30,33,41,43-47,49,56,62H,21,31-32,34-36H2,1-14H3,(H,57,63)(H,58,65)/t41-,43-,44?,45+,46+,47+,49+/m0/s1. The van der Waals surface area contributed by atoms with Crippen molar-refractivity contribution in [3.05, 3.63) is 135 Å². The first-order valence-electron chi connectivity index (χ1n) is 25.4. The Morgan fingerprint density at radius 1 is 0.743 bits per heavy atom. The lowest BCUT2D eigenvalue weighted by molar-refractivity contribution is -0.166. The van der Waals surface area contributed by atoms with Crippen LogP contribution in [0.3, 0.4) is 0 Å². The molecule has 406 valence electrons. The van der Waals surface area contributed by atoms with Gasteiger partial charge in [-0.05, 0) is 98.8 Å². The molecule has 4 aromatic rings. The number of aliphatic hydroxyl groups is 1. The Bertz CT molecular complexity index is 2590. The molecule has 2 amide bonds. The summed E-state index contributed by atoms with van der Waals surface area (Å²) in [5.41, 5.74) is 0.162. The molecule has 1 fully saturated rings. The molecule has 0 spiro atoms. The van der Waals surface area contributed by atoms with E-state index in [2.05, 4.69) is 83.7 Å². The summed E-state index contributed by atoms with van der Waals surface area (Å²) < 4.78 is 40.5. The van der Waals surface area contributed by atoms with Crippen molar-refractivity contribution in [2.75, 3.05) is 20.2 Å². The maximum atomic E-state index is 14.7. The van der Waals surface area contributed by atoms with Crippen LogP contribution in [0.15, 0.2) is 107 Å². The van der Waals surface area contributed by atoms with Crippen molar-refractivity contribution in [3.63, 3.8) is 0 Å². The van der Waals surface area contributed by atoms with Crippen LogP contribution in [0.25, 0.3) is 0 Å². The Morgan fingerprint density at radius 2 is 1.31 bits per heavy atom. The Morgan fingerprint density at radius 3 is 1.86 bits per heavy atom. The molecule has 4 N–H and O–H groups in total. The summed E-state index contributed by atoms with van der Waals surface area (Å²) in [4.78, 5) is 69.3. The number of carbonyl (C=O) groups is 3. The van der Waals surface area contributed by atoms with Gasteiger partial charge in [-0.15, -0.1) is 0 Å². The number of rotatable bonds is 22. The van der Waals surface area contributed by atoms with Crippen LogP contribution in [0.5, 0.6) is 5.75 Å². The molecule has 0 radical (unpaired) electrons. The first-order chi connectivity index (χ1) is 34.5.